The first-order valence-corrected chi connectivity index (χ1v) is 12.1. The Hall–Kier alpha value is -1.65. The summed E-state index contributed by atoms with van der Waals surface area (Å²) in [4.78, 5) is 16.6. The maximum Gasteiger partial charge on any atom is 0.416 e. The van der Waals surface area contributed by atoms with E-state index in [9.17, 15) is 26.4 Å². The number of likely N-dealkylation sites (tertiary alicyclic amines) is 1. The number of sulfonamides is 1. The van der Waals surface area contributed by atoms with Crippen LogP contribution in [0.4, 0.5) is 13.2 Å². The van der Waals surface area contributed by atoms with Gasteiger partial charge >= 0.3 is 6.18 Å². The van der Waals surface area contributed by atoms with Gasteiger partial charge in [0.15, 0.2) is 0 Å². The highest BCUT2D eigenvalue weighted by atomic mass is 32.2. The number of carbonyl (C=O) groups excluding carboxylic acids is 1. The highest BCUT2D eigenvalue weighted by molar-refractivity contribution is 7.89. The van der Waals surface area contributed by atoms with Crippen molar-refractivity contribution in [2.75, 3.05) is 26.2 Å². The molecular weight excluding hydrogens is 431 g/mol. The number of alkyl halides is 3. The van der Waals surface area contributed by atoms with Gasteiger partial charge in [-0.05, 0) is 58.2 Å². The van der Waals surface area contributed by atoms with E-state index in [1.54, 1.807) is 0 Å². The van der Waals surface area contributed by atoms with E-state index in [4.69, 9.17) is 0 Å². The Balaban J connectivity index is 1.67. The highest BCUT2D eigenvalue weighted by Crippen LogP contribution is 2.31. The van der Waals surface area contributed by atoms with E-state index in [-0.39, 0.29) is 42.0 Å². The molecule has 0 spiro atoms. The van der Waals surface area contributed by atoms with Crippen molar-refractivity contribution < 1.29 is 26.4 Å². The lowest BCUT2D eigenvalue weighted by Gasteiger charge is -2.43. The number of hydrogen-bond acceptors (Lipinski definition) is 4. The van der Waals surface area contributed by atoms with Crippen molar-refractivity contribution in [2.24, 2.45) is 0 Å². The highest BCUT2D eigenvalue weighted by Gasteiger charge is 2.37. The van der Waals surface area contributed by atoms with E-state index in [0.717, 1.165) is 31.4 Å². The number of piperazine rings is 1. The van der Waals surface area contributed by atoms with Crippen molar-refractivity contribution >= 4 is 15.9 Å². The molecule has 2 aliphatic rings. The summed E-state index contributed by atoms with van der Waals surface area (Å²) >= 11 is 0. The zero-order valence-electron chi connectivity index (χ0n) is 18.1. The van der Waals surface area contributed by atoms with Gasteiger partial charge in [-0.15, -0.1) is 0 Å². The molecule has 2 aliphatic heterocycles. The number of amides is 1. The Morgan fingerprint density at radius 2 is 1.65 bits per heavy atom. The quantitative estimate of drug-likeness (QED) is 0.691. The molecule has 1 aromatic carbocycles. The lowest BCUT2D eigenvalue weighted by molar-refractivity contribution is -0.143. The van der Waals surface area contributed by atoms with E-state index < -0.39 is 21.8 Å². The SMILES string of the molecule is C[C@@H]1CCC[C@H](C)N1C(=O)[C@H](C)N1CCN(S(=O)(=O)c2cccc(C(F)(F)F)c2)CC1. The monoisotopic (exact) mass is 461 g/mol. The molecule has 6 nitrogen and oxygen atoms in total. The van der Waals surface area contributed by atoms with Crippen molar-refractivity contribution in [3.63, 3.8) is 0 Å². The van der Waals surface area contributed by atoms with Crippen molar-refractivity contribution in [3.05, 3.63) is 29.8 Å². The number of halogens is 3. The molecule has 174 valence electrons. The van der Waals surface area contributed by atoms with Crippen LogP contribution in [0.15, 0.2) is 29.2 Å². The molecule has 31 heavy (non-hydrogen) atoms. The second-order valence-corrected chi connectivity index (χ2v) is 10.5. The van der Waals surface area contributed by atoms with Crippen molar-refractivity contribution in [2.45, 2.75) is 69.2 Å². The number of nitrogens with zero attached hydrogens (tertiary/aromatic N) is 3. The third-order valence-corrected chi connectivity index (χ3v) is 8.32. The zero-order chi connectivity index (χ0) is 23.0. The molecule has 0 aliphatic carbocycles. The Bertz CT molecular complexity index is 889. The normalized spacial score (nSPS) is 25.4. The molecule has 1 amide bonds. The summed E-state index contributed by atoms with van der Waals surface area (Å²) in [5.41, 5.74) is -0.990. The van der Waals surface area contributed by atoms with E-state index in [1.807, 2.05) is 16.7 Å². The molecule has 10 heteroatoms. The van der Waals surface area contributed by atoms with Gasteiger partial charge in [0.1, 0.15) is 0 Å². The molecule has 0 unspecified atom stereocenters. The molecule has 2 fully saturated rings. The minimum atomic E-state index is -4.61. The molecule has 2 saturated heterocycles. The van der Waals surface area contributed by atoms with Crippen molar-refractivity contribution in [3.8, 4) is 0 Å². The Morgan fingerprint density at radius 3 is 2.19 bits per heavy atom. The van der Waals surface area contributed by atoms with Crippen LogP contribution >= 0.6 is 0 Å². The standard InChI is InChI=1S/C21H30F3N3O3S/c1-15-6-4-7-16(2)27(15)20(28)17(3)25-10-12-26(13-11-25)31(29,30)19-9-5-8-18(14-19)21(22,23)24/h5,8-9,14-17H,4,6-7,10-13H2,1-3H3/t15-,16+,17-/m0/s1. The summed E-state index contributed by atoms with van der Waals surface area (Å²) in [6, 6.07) is 3.80. The van der Waals surface area contributed by atoms with Gasteiger partial charge in [-0.25, -0.2) is 8.42 Å². The molecule has 0 radical (unpaired) electrons. The van der Waals surface area contributed by atoms with E-state index >= 15 is 0 Å². The second kappa shape index (κ2) is 9.07. The molecule has 0 saturated carbocycles. The van der Waals surface area contributed by atoms with E-state index in [2.05, 4.69) is 13.8 Å². The zero-order valence-corrected chi connectivity index (χ0v) is 18.9. The number of rotatable bonds is 4. The lowest BCUT2D eigenvalue weighted by Crippen LogP contribution is -2.58. The van der Waals surface area contributed by atoms with Crippen LogP contribution in [0.25, 0.3) is 0 Å². The predicted octanol–water partition coefficient (Wildman–Crippen LogP) is 3.19. The first kappa shape index (κ1) is 24.0. The molecule has 3 atom stereocenters. The summed E-state index contributed by atoms with van der Waals surface area (Å²) in [6.45, 7) is 6.90. The summed E-state index contributed by atoms with van der Waals surface area (Å²) < 4.78 is 65.9. The topological polar surface area (TPSA) is 60.9 Å². The number of benzene rings is 1. The van der Waals surface area contributed by atoms with Crippen LogP contribution in [0.2, 0.25) is 0 Å². The first-order chi connectivity index (χ1) is 14.4. The van der Waals surface area contributed by atoms with Crippen LogP contribution in [-0.4, -0.2) is 72.7 Å². The number of hydrogen-bond donors (Lipinski definition) is 0. The molecular formula is C21H30F3N3O3S. The fourth-order valence-corrected chi connectivity index (χ4v) is 6.01. The summed E-state index contributed by atoms with van der Waals surface area (Å²) in [5, 5.41) is 0. The van der Waals surface area contributed by atoms with Crippen LogP contribution in [0.3, 0.4) is 0 Å². The predicted molar refractivity (Wildman–Crippen MR) is 111 cm³/mol. The summed E-state index contributed by atoms with van der Waals surface area (Å²) in [5.74, 6) is 0.0499. The maximum atomic E-state index is 13.1. The molecule has 1 aromatic rings. The average molecular weight is 462 g/mol. The largest absolute Gasteiger partial charge is 0.416 e. The second-order valence-electron chi connectivity index (χ2n) is 8.52. The summed E-state index contributed by atoms with van der Waals surface area (Å²) in [7, 11) is -4.04. The fourth-order valence-electron chi connectivity index (χ4n) is 4.54. The Kier molecular flexibility index (Phi) is 7.02. The molecule has 2 heterocycles. The lowest BCUT2D eigenvalue weighted by atomic mass is 9.96. The first-order valence-electron chi connectivity index (χ1n) is 10.7. The van der Waals surface area contributed by atoms with Crippen molar-refractivity contribution in [1.29, 1.82) is 0 Å². The van der Waals surface area contributed by atoms with Crippen LogP contribution in [0, 0.1) is 0 Å². The molecule has 0 N–H and O–H groups in total. The fraction of sp³-hybridized carbons (Fsp3) is 0.667. The minimum Gasteiger partial charge on any atom is -0.336 e. The third kappa shape index (κ3) is 5.06. The average Bonchev–Trinajstić information content (AvgIpc) is 2.72. The van der Waals surface area contributed by atoms with E-state index in [0.29, 0.717) is 19.2 Å². The Labute approximate surface area is 182 Å². The van der Waals surface area contributed by atoms with Gasteiger partial charge in [0.05, 0.1) is 16.5 Å². The maximum absolute atomic E-state index is 13.1. The smallest absolute Gasteiger partial charge is 0.336 e. The molecule has 3 rings (SSSR count). The van der Waals surface area contributed by atoms with Gasteiger partial charge in [0.25, 0.3) is 0 Å². The van der Waals surface area contributed by atoms with Gasteiger partial charge in [-0.3, -0.25) is 9.69 Å². The number of carbonyl (C=O) groups is 1. The van der Waals surface area contributed by atoms with Crippen LogP contribution in [0.5, 0.6) is 0 Å². The number of piperidine rings is 1. The van der Waals surface area contributed by atoms with Gasteiger partial charge in [0, 0.05) is 38.3 Å². The van der Waals surface area contributed by atoms with E-state index in [1.165, 1.54) is 10.4 Å². The minimum absolute atomic E-state index is 0.0499. The van der Waals surface area contributed by atoms with Crippen LogP contribution in [0.1, 0.15) is 45.6 Å². The summed E-state index contributed by atoms with van der Waals surface area (Å²) in [6.07, 6.45) is -1.55. The van der Waals surface area contributed by atoms with Gasteiger partial charge < -0.3 is 4.90 Å². The van der Waals surface area contributed by atoms with Crippen molar-refractivity contribution in [1.82, 2.24) is 14.1 Å². The van der Waals surface area contributed by atoms with Crippen LogP contribution < -0.4 is 0 Å². The molecule has 0 aromatic heterocycles. The van der Waals surface area contributed by atoms with Crippen LogP contribution in [-0.2, 0) is 21.0 Å². The van der Waals surface area contributed by atoms with Gasteiger partial charge in [-0.1, -0.05) is 6.07 Å². The van der Waals surface area contributed by atoms with Gasteiger partial charge in [0.2, 0.25) is 15.9 Å². The third-order valence-electron chi connectivity index (χ3n) is 6.43. The van der Waals surface area contributed by atoms with Gasteiger partial charge in [-0.2, -0.15) is 17.5 Å². The molecule has 0 bridgehead atoms. The Morgan fingerprint density at radius 1 is 1.06 bits per heavy atom.